The Morgan fingerprint density at radius 2 is 2.28 bits per heavy atom. The molecule has 18 heavy (non-hydrogen) atoms. The Kier molecular flexibility index (Phi) is 2.49. The first-order valence-corrected chi connectivity index (χ1v) is 5.66. The van der Waals surface area contributed by atoms with Gasteiger partial charge in [-0.05, 0) is 11.0 Å². The third kappa shape index (κ3) is 1.73. The van der Waals surface area contributed by atoms with Gasteiger partial charge in [0.15, 0.2) is 5.69 Å². The highest BCUT2D eigenvalue weighted by atomic mass is 16.6. The standard InChI is InChI=1S/C11H12N4O3/c16-8-5-13(6-8)7-9-11(15(17)18)14-4-2-1-3-10(14)12-9/h1-4,8,16H,5-7H2. The van der Waals surface area contributed by atoms with Crippen LogP contribution in [0.25, 0.3) is 5.65 Å². The summed E-state index contributed by atoms with van der Waals surface area (Å²) in [5.74, 6) is 0.00647. The van der Waals surface area contributed by atoms with Crippen LogP contribution in [0.1, 0.15) is 5.69 Å². The van der Waals surface area contributed by atoms with E-state index in [1.165, 1.54) is 4.40 Å². The summed E-state index contributed by atoms with van der Waals surface area (Å²) in [7, 11) is 0. The van der Waals surface area contributed by atoms with Gasteiger partial charge in [-0.3, -0.25) is 4.90 Å². The molecule has 0 bridgehead atoms. The molecule has 3 heterocycles. The molecule has 0 aliphatic carbocycles. The lowest BCUT2D eigenvalue weighted by molar-refractivity contribution is -0.391. The number of aromatic nitrogens is 2. The van der Waals surface area contributed by atoms with E-state index in [0.29, 0.717) is 31.0 Å². The van der Waals surface area contributed by atoms with Crippen molar-refractivity contribution in [2.75, 3.05) is 13.1 Å². The summed E-state index contributed by atoms with van der Waals surface area (Å²) < 4.78 is 1.48. The number of fused-ring (bicyclic) bond motifs is 1. The molecule has 0 saturated carbocycles. The topological polar surface area (TPSA) is 83.9 Å². The summed E-state index contributed by atoms with van der Waals surface area (Å²) in [6.07, 6.45) is 1.32. The van der Waals surface area contributed by atoms with Gasteiger partial charge in [0.25, 0.3) is 0 Å². The van der Waals surface area contributed by atoms with Crippen molar-refractivity contribution >= 4 is 11.5 Å². The van der Waals surface area contributed by atoms with Crippen molar-refractivity contribution in [1.82, 2.24) is 14.3 Å². The van der Waals surface area contributed by atoms with Crippen molar-refractivity contribution in [3.05, 3.63) is 40.2 Å². The number of aliphatic hydroxyl groups is 1. The molecule has 1 saturated heterocycles. The first-order chi connectivity index (χ1) is 8.65. The minimum absolute atomic E-state index is 0.00647. The van der Waals surface area contributed by atoms with Crippen LogP contribution in [-0.2, 0) is 6.54 Å². The van der Waals surface area contributed by atoms with Crippen molar-refractivity contribution in [2.45, 2.75) is 12.6 Å². The normalized spacial score (nSPS) is 16.9. The van der Waals surface area contributed by atoms with Crippen LogP contribution in [0, 0.1) is 10.1 Å². The second-order valence-corrected chi connectivity index (χ2v) is 4.42. The maximum absolute atomic E-state index is 11.1. The van der Waals surface area contributed by atoms with E-state index in [1.807, 2.05) is 4.90 Å². The molecule has 2 aromatic heterocycles. The van der Waals surface area contributed by atoms with Gasteiger partial charge < -0.3 is 15.2 Å². The molecule has 3 rings (SSSR count). The summed E-state index contributed by atoms with van der Waals surface area (Å²) in [5.41, 5.74) is 1.01. The molecule has 2 aromatic rings. The average Bonchev–Trinajstić information content (AvgIpc) is 2.64. The summed E-state index contributed by atoms with van der Waals surface area (Å²) in [4.78, 5) is 16.9. The van der Waals surface area contributed by atoms with Gasteiger partial charge in [0.2, 0.25) is 5.65 Å². The Morgan fingerprint density at radius 1 is 1.50 bits per heavy atom. The van der Waals surface area contributed by atoms with E-state index in [2.05, 4.69) is 4.98 Å². The van der Waals surface area contributed by atoms with Crippen molar-refractivity contribution in [1.29, 1.82) is 0 Å². The molecule has 7 nitrogen and oxygen atoms in total. The fraction of sp³-hybridized carbons (Fsp3) is 0.364. The van der Waals surface area contributed by atoms with Gasteiger partial charge in [-0.25, -0.2) is 4.98 Å². The lowest BCUT2D eigenvalue weighted by Crippen LogP contribution is -2.49. The number of rotatable bonds is 3. The summed E-state index contributed by atoms with van der Waals surface area (Å²) in [6, 6.07) is 5.27. The van der Waals surface area contributed by atoms with Gasteiger partial charge in [-0.1, -0.05) is 6.07 Å². The van der Waals surface area contributed by atoms with Gasteiger partial charge in [0.05, 0.1) is 12.3 Å². The second kappa shape index (κ2) is 4.04. The molecule has 1 aliphatic rings. The van der Waals surface area contributed by atoms with E-state index in [-0.39, 0.29) is 11.9 Å². The number of likely N-dealkylation sites (tertiary alicyclic amines) is 1. The zero-order valence-corrected chi connectivity index (χ0v) is 9.56. The number of aliphatic hydroxyl groups excluding tert-OH is 1. The molecular formula is C11H12N4O3. The summed E-state index contributed by atoms with van der Waals surface area (Å²) >= 11 is 0. The minimum Gasteiger partial charge on any atom is -0.390 e. The maximum atomic E-state index is 11.1. The lowest BCUT2D eigenvalue weighted by Gasteiger charge is -2.34. The molecule has 0 radical (unpaired) electrons. The smallest absolute Gasteiger partial charge is 0.352 e. The monoisotopic (exact) mass is 248 g/mol. The first-order valence-electron chi connectivity index (χ1n) is 5.66. The van der Waals surface area contributed by atoms with Crippen molar-refractivity contribution < 1.29 is 10.0 Å². The number of imidazole rings is 1. The van der Waals surface area contributed by atoms with E-state index < -0.39 is 4.92 Å². The van der Waals surface area contributed by atoms with Crippen molar-refractivity contribution in [3.8, 4) is 0 Å². The Morgan fingerprint density at radius 3 is 2.94 bits per heavy atom. The number of pyridine rings is 1. The highest BCUT2D eigenvalue weighted by molar-refractivity contribution is 5.48. The molecule has 0 unspecified atom stereocenters. The third-order valence-electron chi connectivity index (χ3n) is 3.06. The molecule has 0 amide bonds. The molecule has 1 aliphatic heterocycles. The SMILES string of the molecule is O=[N+]([O-])c1c(CN2CC(O)C2)nc2ccccn12. The van der Waals surface area contributed by atoms with Gasteiger partial charge >= 0.3 is 5.82 Å². The van der Waals surface area contributed by atoms with Crippen LogP contribution in [0.4, 0.5) is 5.82 Å². The molecule has 94 valence electrons. The Hall–Kier alpha value is -1.99. The van der Waals surface area contributed by atoms with E-state index in [9.17, 15) is 15.2 Å². The third-order valence-corrected chi connectivity index (χ3v) is 3.06. The maximum Gasteiger partial charge on any atom is 0.352 e. The van der Waals surface area contributed by atoms with Gasteiger partial charge in [0, 0.05) is 25.7 Å². The Bertz CT molecular complexity index is 603. The summed E-state index contributed by atoms with van der Waals surface area (Å²) in [5, 5.41) is 20.3. The molecule has 1 fully saturated rings. The van der Waals surface area contributed by atoms with Crippen LogP contribution < -0.4 is 0 Å². The van der Waals surface area contributed by atoms with Crippen LogP contribution in [0.5, 0.6) is 0 Å². The first kappa shape index (κ1) is 11.1. The fourth-order valence-corrected chi connectivity index (χ4v) is 2.21. The van der Waals surface area contributed by atoms with Gasteiger partial charge in [0.1, 0.15) is 0 Å². The number of β-amino-alcohol motifs (C(OH)–C–C–N with tert-alkyl or cyclic N) is 1. The lowest BCUT2D eigenvalue weighted by atomic mass is 10.1. The van der Waals surface area contributed by atoms with Crippen LogP contribution in [-0.4, -0.2) is 43.5 Å². The molecule has 0 aromatic carbocycles. The number of nitrogens with zero attached hydrogens (tertiary/aromatic N) is 4. The van der Waals surface area contributed by atoms with Crippen molar-refractivity contribution in [2.24, 2.45) is 0 Å². The van der Waals surface area contributed by atoms with Crippen LogP contribution in [0.2, 0.25) is 0 Å². The molecule has 7 heteroatoms. The zero-order chi connectivity index (χ0) is 12.7. The number of nitro groups is 1. The predicted octanol–water partition coefficient (Wildman–Crippen LogP) is 0.419. The predicted molar refractivity (Wildman–Crippen MR) is 63.1 cm³/mol. The van der Waals surface area contributed by atoms with Gasteiger partial charge in [-0.2, -0.15) is 4.40 Å². The number of hydrogen-bond donors (Lipinski definition) is 1. The van der Waals surface area contributed by atoms with E-state index in [0.717, 1.165) is 0 Å². The molecular weight excluding hydrogens is 236 g/mol. The highest BCUT2D eigenvalue weighted by Gasteiger charge is 2.29. The second-order valence-electron chi connectivity index (χ2n) is 4.42. The highest BCUT2D eigenvalue weighted by Crippen LogP contribution is 2.23. The molecule has 0 spiro atoms. The largest absolute Gasteiger partial charge is 0.390 e. The molecule has 0 atom stereocenters. The average molecular weight is 248 g/mol. The van der Waals surface area contributed by atoms with E-state index in [1.54, 1.807) is 24.4 Å². The zero-order valence-electron chi connectivity index (χ0n) is 9.56. The minimum atomic E-state index is -0.411. The fourth-order valence-electron chi connectivity index (χ4n) is 2.21. The van der Waals surface area contributed by atoms with Crippen LogP contribution >= 0.6 is 0 Å². The van der Waals surface area contributed by atoms with E-state index in [4.69, 9.17) is 0 Å². The Labute approximate surface area is 102 Å². The van der Waals surface area contributed by atoms with Gasteiger partial charge in [-0.15, -0.1) is 0 Å². The van der Waals surface area contributed by atoms with Crippen LogP contribution in [0.15, 0.2) is 24.4 Å². The number of hydrogen-bond acceptors (Lipinski definition) is 5. The molecule has 1 N–H and O–H groups in total. The quantitative estimate of drug-likeness (QED) is 0.628. The van der Waals surface area contributed by atoms with E-state index >= 15 is 0 Å². The van der Waals surface area contributed by atoms with Crippen molar-refractivity contribution in [3.63, 3.8) is 0 Å². The summed E-state index contributed by atoms with van der Waals surface area (Å²) in [6.45, 7) is 1.49. The van der Waals surface area contributed by atoms with Crippen LogP contribution in [0.3, 0.4) is 0 Å². The Balaban J connectivity index is 1.99.